The number of rotatable bonds is 7. The van der Waals surface area contributed by atoms with Gasteiger partial charge in [-0.1, -0.05) is 18.2 Å². The lowest BCUT2D eigenvalue weighted by molar-refractivity contribution is 0.0932. The van der Waals surface area contributed by atoms with E-state index in [9.17, 15) is 4.79 Å². The molecule has 4 aromatic rings. The van der Waals surface area contributed by atoms with Crippen LogP contribution in [-0.2, 0) is 13.0 Å². The maximum absolute atomic E-state index is 13.4. The number of hydrogen-bond acceptors (Lipinski definition) is 7. The summed E-state index contributed by atoms with van der Waals surface area (Å²) in [7, 11) is 3.80. The smallest absolute Gasteiger partial charge is 0.251 e. The maximum atomic E-state index is 13.4. The predicted octanol–water partition coefficient (Wildman–Crippen LogP) is 4.78. The summed E-state index contributed by atoms with van der Waals surface area (Å²) in [6, 6.07) is 19.8. The van der Waals surface area contributed by atoms with Crippen molar-refractivity contribution in [3.8, 4) is 11.5 Å². The average Bonchev–Trinajstić information content (AvgIpc) is 3.00. The number of likely N-dealkylation sites (N-methyl/N-ethyl adjacent to an activating group) is 1. The number of nitrogens with zero attached hydrogens (tertiary/aromatic N) is 4. The highest BCUT2D eigenvalue weighted by atomic mass is 16.5. The summed E-state index contributed by atoms with van der Waals surface area (Å²) in [6.45, 7) is 4.31. The summed E-state index contributed by atoms with van der Waals surface area (Å²) < 4.78 is 11.4. The molecule has 0 spiro atoms. The second-order valence-corrected chi connectivity index (χ2v) is 10.6. The molecule has 3 aromatic carbocycles. The monoisotopic (exact) mass is 537 g/mol. The van der Waals surface area contributed by atoms with Crippen LogP contribution in [0.1, 0.15) is 45.9 Å². The van der Waals surface area contributed by atoms with Gasteiger partial charge < -0.3 is 24.6 Å². The maximum Gasteiger partial charge on any atom is 0.251 e. The van der Waals surface area contributed by atoms with Crippen LogP contribution in [0.4, 0.5) is 5.82 Å². The first-order chi connectivity index (χ1) is 19.6. The number of hydrogen-bond donors (Lipinski definition) is 1. The highest BCUT2D eigenvalue weighted by Gasteiger charge is 2.24. The van der Waals surface area contributed by atoms with Gasteiger partial charge >= 0.3 is 0 Å². The molecule has 8 heteroatoms. The summed E-state index contributed by atoms with van der Waals surface area (Å²) in [4.78, 5) is 27.1. The number of carbonyl (C=O) groups excluding carboxylic acids is 1. The lowest BCUT2D eigenvalue weighted by Gasteiger charge is -2.33. The van der Waals surface area contributed by atoms with Gasteiger partial charge in [0.25, 0.3) is 5.91 Å². The first-order valence-corrected chi connectivity index (χ1v) is 13.9. The molecule has 1 fully saturated rings. The van der Waals surface area contributed by atoms with E-state index in [2.05, 4.69) is 44.3 Å². The zero-order valence-corrected chi connectivity index (χ0v) is 23.1. The highest BCUT2D eigenvalue weighted by Crippen LogP contribution is 2.33. The topological polar surface area (TPSA) is 79.8 Å². The molecule has 206 valence electrons. The zero-order chi connectivity index (χ0) is 27.5. The zero-order valence-electron chi connectivity index (χ0n) is 23.1. The number of fused-ring (bicyclic) bond motifs is 2. The van der Waals surface area contributed by atoms with E-state index in [1.807, 2.05) is 48.5 Å². The molecule has 1 amide bonds. The fraction of sp³-hybridized carbons (Fsp3) is 0.344. The number of methoxy groups -OCH3 is 1. The van der Waals surface area contributed by atoms with Crippen LogP contribution in [0.5, 0.6) is 11.5 Å². The first-order valence-electron chi connectivity index (χ1n) is 13.9. The SMILES string of the molecule is COc1cccc(COc2ccc3c(c2)C(NC(=O)c2ccc4c(N5CCN(C)CC5)ncnc4c2)CCC3)c1. The molecule has 40 heavy (non-hydrogen) atoms. The molecule has 0 radical (unpaired) electrons. The number of carbonyl (C=O) groups is 1. The van der Waals surface area contributed by atoms with Crippen LogP contribution in [0.25, 0.3) is 10.9 Å². The number of aromatic nitrogens is 2. The van der Waals surface area contributed by atoms with Crippen LogP contribution >= 0.6 is 0 Å². The van der Waals surface area contributed by atoms with Crippen LogP contribution in [0.15, 0.2) is 67.0 Å². The molecule has 1 aliphatic heterocycles. The minimum Gasteiger partial charge on any atom is -0.497 e. The predicted molar refractivity (Wildman–Crippen MR) is 156 cm³/mol. The third-order valence-electron chi connectivity index (χ3n) is 7.96. The molecular formula is C32H35N5O3. The number of aryl methyl sites for hydroxylation is 1. The van der Waals surface area contributed by atoms with Crippen molar-refractivity contribution in [2.45, 2.75) is 31.9 Å². The van der Waals surface area contributed by atoms with Crippen LogP contribution in [0.3, 0.4) is 0 Å². The molecule has 1 atom stereocenters. The molecular weight excluding hydrogens is 502 g/mol. The third kappa shape index (κ3) is 5.58. The summed E-state index contributed by atoms with van der Waals surface area (Å²) in [6.07, 6.45) is 4.52. The Hall–Kier alpha value is -4.17. The van der Waals surface area contributed by atoms with Crippen molar-refractivity contribution in [2.24, 2.45) is 0 Å². The van der Waals surface area contributed by atoms with Gasteiger partial charge in [0.1, 0.15) is 30.3 Å². The molecule has 2 heterocycles. The van der Waals surface area contributed by atoms with Crippen LogP contribution < -0.4 is 19.7 Å². The van der Waals surface area contributed by atoms with Crippen molar-refractivity contribution < 1.29 is 14.3 Å². The Bertz CT molecular complexity index is 1520. The normalized spacial score (nSPS) is 17.4. The molecule has 6 rings (SSSR count). The van der Waals surface area contributed by atoms with Crippen molar-refractivity contribution >= 4 is 22.6 Å². The van der Waals surface area contributed by atoms with Crippen molar-refractivity contribution in [3.63, 3.8) is 0 Å². The lowest BCUT2D eigenvalue weighted by Crippen LogP contribution is -2.44. The average molecular weight is 538 g/mol. The van der Waals surface area contributed by atoms with E-state index in [1.54, 1.807) is 13.4 Å². The quantitative estimate of drug-likeness (QED) is 0.364. The van der Waals surface area contributed by atoms with Crippen molar-refractivity contribution in [2.75, 3.05) is 45.2 Å². The van der Waals surface area contributed by atoms with E-state index < -0.39 is 0 Å². The number of anilines is 1. The van der Waals surface area contributed by atoms with Crippen LogP contribution in [0.2, 0.25) is 0 Å². The largest absolute Gasteiger partial charge is 0.497 e. The molecule has 2 aliphatic rings. The fourth-order valence-corrected chi connectivity index (χ4v) is 5.64. The van der Waals surface area contributed by atoms with Gasteiger partial charge in [-0.2, -0.15) is 0 Å². The minimum atomic E-state index is -0.0952. The molecule has 0 saturated carbocycles. The molecule has 8 nitrogen and oxygen atoms in total. The Morgan fingerprint density at radius 1 is 1.00 bits per heavy atom. The van der Waals surface area contributed by atoms with Gasteiger partial charge in [0.2, 0.25) is 0 Å². The second kappa shape index (κ2) is 11.5. The Kier molecular flexibility index (Phi) is 7.51. The molecule has 1 aromatic heterocycles. The fourth-order valence-electron chi connectivity index (χ4n) is 5.64. The summed E-state index contributed by atoms with van der Waals surface area (Å²) >= 11 is 0. The van der Waals surface area contributed by atoms with Crippen molar-refractivity contribution in [1.82, 2.24) is 20.2 Å². The van der Waals surface area contributed by atoms with Gasteiger partial charge in [0, 0.05) is 37.1 Å². The third-order valence-corrected chi connectivity index (χ3v) is 7.96. The van der Waals surface area contributed by atoms with Gasteiger partial charge in [-0.25, -0.2) is 9.97 Å². The second-order valence-electron chi connectivity index (χ2n) is 10.6. The highest BCUT2D eigenvalue weighted by molar-refractivity contribution is 6.00. The minimum absolute atomic E-state index is 0.0707. The number of piperazine rings is 1. The summed E-state index contributed by atoms with van der Waals surface area (Å²) in [5.41, 5.74) is 4.82. The molecule has 0 bridgehead atoms. The van der Waals surface area contributed by atoms with E-state index in [1.165, 1.54) is 5.56 Å². The number of ether oxygens (including phenoxy) is 2. The van der Waals surface area contributed by atoms with E-state index in [4.69, 9.17) is 9.47 Å². The number of nitrogens with one attached hydrogen (secondary N) is 1. The van der Waals surface area contributed by atoms with E-state index >= 15 is 0 Å². The lowest BCUT2D eigenvalue weighted by atomic mass is 9.87. The van der Waals surface area contributed by atoms with Gasteiger partial charge in [0.15, 0.2) is 0 Å². The van der Waals surface area contributed by atoms with Crippen molar-refractivity contribution in [3.05, 3.63) is 89.2 Å². The molecule has 1 N–H and O–H groups in total. The molecule has 1 saturated heterocycles. The van der Waals surface area contributed by atoms with Crippen LogP contribution in [0, 0.1) is 0 Å². The Morgan fingerprint density at radius 2 is 1.88 bits per heavy atom. The van der Waals surface area contributed by atoms with Crippen molar-refractivity contribution in [1.29, 1.82) is 0 Å². The van der Waals surface area contributed by atoms with E-state index in [0.29, 0.717) is 12.2 Å². The molecule has 1 unspecified atom stereocenters. The summed E-state index contributed by atoms with van der Waals surface area (Å²) in [5, 5.41) is 4.26. The van der Waals surface area contributed by atoms with Gasteiger partial charge in [-0.15, -0.1) is 0 Å². The van der Waals surface area contributed by atoms with E-state index in [-0.39, 0.29) is 11.9 Å². The Morgan fingerprint density at radius 3 is 2.73 bits per heavy atom. The Labute approximate surface area is 234 Å². The van der Waals surface area contributed by atoms with E-state index in [0.717, 1.165) is 84.8 Å². The van der Waals surface area contributed by atoms with Crippen LogP contribution in [-0.4, -0.2) is 61.1 Å². The molecule has 1 aliphatic carbocycles. The first kappa shape index (κ1) is 26.1. The summed E-state index contributed by atoms with van der Waals surface area (Å²) in [5.74, 6) is 2.45. The van der Waals surface area contributed by atoms with Gasteiger partial charge in [-0.3, -0.25) is 4.79 Å². The Balaban J connectivity index is 1.17. The van der Waals surface area contributed by atoms with Gasteiger partial charge in [-0.05, 0) is 85.5 Å². The number of benzene rings is 3. The van der Waals surface area contributed by atoms with Gasteiger partial charge in [0.05, 0.1) is 18.7 Å². The standard InChI is InChI=1S/C32H35N5O3/c1-36-13-15-37(16-14-36)31-27-12-10-24(18-30(27)33-21-34-31)32(38)35-29-8-4-6-23-9-11-26(19-28(23)29)40-20-22-5-3-7-25(17-22)39-2/h3,5,7,9-12,17-19,21,29H,4,6,8,13-16,20H2,1-2H3,(H,35,38). The number of amides is 1.